The molecule has 0 unspecified atom stereocenters. The molecule has 2 rings (SSSR count). The molecule has 1 aliphatic rings. The van der Waals surface area contributed by atoms with Gasteiger partial charge in [0.05, 0.1) is 6.61 Å². The van der Waals surface area contributed by atoms with Gasteiger partial charge in [-0.2, -0.15) is 0 Å². The number of esters is 2. The van der Waals surface area contributed by atoms with Crippen LogP contribution in [0.3, 0.4) is 0 Å². The number of phosphoric acid groups is 1. The third kappa shape index (κ3) is 6.35. The van der Waals surface area contributed by atoms with Gasteiger partial charge in [0, 0.05) is 26.1 Å². The van der Waals surface area contributed by atoms with Gasteiger partial charge in [0.2, 0.25) is 13.6 Å². The number of alkyl halides is 1. The fourth-order valence-electron chi connectivity index (χ4n) is 2.93. The predicted molar refractivity (Wildman–Crippen MR) is 106 cm³/mol. The van der Waals surface area contributed by atoms with Crippen LogP contribution < -0.4 is 11.2 Å². The second-order valence-electron chi connectivity index (χ2n) is 7.30. The van der Waals surface area contributed by atoms with Crippen LogP contribution in [0.5, 0.6) is 0 Å². The standard InChI is InChI=1S/C17H24FN2O13P/c1-10(21)28-8-31-34(27,32-9-29-11(2)22)30-7-17(6-18)13(24)16(3,26)14(33-17)20-5-4-12(23)19-15(20)25/h4-5,13-14,24,26H,6-9H2,1-3H3,(H,19,23,25)/t13-,14+,16+,17+/m0/s1. The number of aromatic nitrogens is 2. The number of nitrogens with zero attached hydrogens (tertiary/aromatic N) is 1. The fraction of sp³-hybridized carbons (Fsp3) is 0.647. The summed E-state index contributed by atoms with van der Waals surface area (Å²) in [5.41, 5.74) is -6.50. The van der Waals surface area contributed by atoms with E-state index in [0.29, 0.717) is 4.57 Å². The van der Waals surface area contributed by atoms with E-state index in [9.17, 15) is 38.3 Å². The molecule has 2 heterocycles. The van der Waals surface area contributed by atoms with E-state index in [1.807, 2.05) is 4.98 Å². The zero-order chi connectivity index (χ0) is 25.7. The molecule has 1 saturated heterocycles. The van der Waals surface area contributed by atoms with Crippen LogP contribution in [0, 0.1) is 0 Å². The Balaban J connectivity index is 2.27. The van der Waals surface area contributed by atoms with Gasteiger partial charge >= 0.3 is 25.5 Å². The van der Waals surface area contributed by atoms with Crippen LogP contribution >= 0.6 is 7.82 Å². The number of phosphoric ester groups is 1. The molecule has 0 saturated carbocycles. The molecular weight excluding hydrogens is 490 g/mol. The van der Waals surface area contributed by atoms with Gasteiger partial charge in [-0.25, -0.2) is 22.8 Å². The van der Waals surface area contributed by atoms with E-state index in [4.69, 9.17) is 18.3 Å². The lowest BCUT2D eigenvalue weighted by atomic mass is 9.88. The lowest BCUT2D eigenvalue weighted by Gasteiger charge is -2.31. The minimum absolute atomic E-state index is 0.704. The summed E-state index contributed by atoms with van der Waals surface area (Å²) in [6.45, 7) is -1.37. The number of hydrogen-bond acceptors (Lipinski definition) is 13. The molecule has 0 amide bonds. The van der Waals surface area contributed by atoms with E-state index in [-0.39, 0.29) is 0 Å². The number of halogens is 1. The second-order valence-corrected chi connectivity index (χ2v) is 8.97. The molecular formula is C17H24FN2O13P. The molecule has 1 aromatic rings. The maximum Gasteiger partial charge on any atom is 0.480 e. The highest BCUT2D eigenvalue weighted by atomic mass is 31.2. The molecule has 1 aliphatic heterocycles. The van der Waals surface area contributed by atoms with Crippen LogP contribution in [-0.4, -0.2) is 75.9 Å². The quantitative estimate of drug-likeness (QED) is 0.186. The predicted octanol–water partition coefficient (Wildman–Crippen LogP) is -0.915. The highest BCUT2D eigenvalue weighted by molar-refractivity contribution is 7.48. The number of carbonyl (C=O) groups is 2. The Bertz CT molecular complexity index is 1030. The molecule has 0 bridgehead atoms. The molecule has 3 N–H and O–H groups in total. The first-order valence-electron chi connectivity index (χ1n) is 9.52. The van der Waals surface area contributed by atoms with Gasteiger partial charge in [-0.1, -0.05) is 0 Å². The summed E-state index contributed by atoms with van der Waals surface area (Å²) >= 11 is 0. The van der Waals surface area contributed by atoms with Crippen molar-refractivity contribution in [2.75, 3.05) is 26.9 Å². The zero-order valence-electron chi connectivity index (χ0n) is 18.3. The van der Waals surface area contributed by atoms with Crippen LogP contribution in [0.25, 0.3) is 0 Å². The minimum Gasteiger partial charge on any atom is -0.438 e. The van der Waals surface area contributed by atoms with E-state index >= 15 is 0 Å². The molecule has 34 heavy (non-hydrogen) atoms. The van der Waals surface area contributed by atoms with Crippen molar-refractivity contribution >= 4 is 19.8 Å². The highest BCUT2D eigenvalue weighted by Crippen LogP contribution is 2.52. The number of nitrogens with one attached hydrogen (secondary N) is 1. The van der Waals surface area contributed by atoms with Crippen LogP contribution in [-0.2, 0) is 41.9 Å². The van der Waals surface area contributed by atoms with Gasteiger partial charge in [0.25, 0.3) is 5.56 Å². The summed E-state index contributed by atoms with van der Waals surface area (Å²) < 4.78 is 56.6. The Morgan fingerprint density at radius 2 is 1.76 bits per heavy atom. The van der Waals surface area contributed by atoms with Crippen LogP contribution in [0.1, 0.15) is 27.0 Å². The van der Waals surface area contributed by atoms with Crippen LogP contribution in [0.4, 0.5) is 4.39 Å². The third-order valence-electron chi connectivity index (χ3n) is 4.64. The first-order chi connectivity index (χ1) is 15.8. The number of aliphatic hydroxyl groups is 2. The largest absolute Gasteiger partial charge is 0.480 e. The van der Waals surface area contributed by atoms with Crippen molar-refractivity contribution in [3.63, 3.8) is 0 Å². The lowest BCUT2D eigenvalue weighted by molar-refractivity contribution is -0.155. The topological polar surface area (TPSA) is 202 Å². The number of aromatic amines is 1. The number of H-pyrrole nitrogens is 1. The Morgan fingerprint density at radius 3 is 2.24 bits per heavy atom. The average molecular weight is 514 g/mol. The van der Waals surface area contributed by atoms with Crippen molar-refractivity contribution in [3.05, 3.63) is 33.1 Å². The molecule has 17 heteroatoms. The van der Waals surface area contributed by atoms with E-state index < -0.39 is 81.4 Å². The van der Waals surface area contributed by atoms with Gasteiger partial charge in [-0.3, -0.25) is 28.5 Å². The number of hydrogen-bond donors (Lipinski definition) is 3. The smallest absolute Gasteiger partial charge is 0.438 e. The Morgan fingerprint density at radius 1 is 1.21 bits per heavy atom. The van der Waals surface area contributed by atoms with Crippen molar-refractivity contribution in [2.24, 2.45) is 0 Å². The Kier molecular flexibility index (Phi) is 8.87. The second kappa shape index (κ2) is 10.9. The van der Waals surface area contributed by atoms with Crippen molar-refractivity contribution in [3.8, 4) is 0 Å². The third-order valence-corrected chi connectivity index (χ3v) is 5.93. The number of rotatable bonds is 11. The van der Waals surface area contributed by atoms with Gasteiger partial charge in [0.1, 0.15) is 18.4 Å². The molecule has 15 nitrogen and oxygen atoms in total. The van der Waals surface area contributed by atoms with Gasteiger partial charge in [0.15, 0.2) is 11.8 Å². The van der Waals surface area contributed by atoms with E-state index in [2.05, 4.69) is 9.47 Å². The van der Waals surface area contributed by atoms with Crippen molar-refractivity contribution in [1.82, 2.24) is 9.55 Å². The van der Waals surface area contributed by atoms with Crippen molar-refractivity contribution in [2.45, 2.75) is 44.3 Å². The summed E-state index contributed by atoms with van der Waals surface area (Å²) in [5.74, 6) is -1.63. The van der Waals surface area contributed by atoms with Crippen LogP contribution in [0.2, 0.25) is 0 Å². The van der Waals surface area contributed by atoms with Crippen molar-refractivity contribution in [1.29, 1.82) is 0 Å². The normalized spacial score (nSPS) is 26.9. The van der Waals surface area contributed by atoms with E-state index in [0.717, 1.165) is 33.0 Å². The Labute approximate surface area is 190 Å². The summed E-state index contributed by atoms with van der Waals surface area (Å²) in [6.07, 6.45) is -2.82. The van der Waals surface area contributed by atoms with E-state index in [1.165, 1.54) is 0 Å². The molecule has 192 valence electrons. The summed E-state index contributed by atoms with van der Waals surface area (Å²) in [4.78, 5) is 47.2. The number of ether oxygens (including phenoxy) is 3. The van der Waals surface area contributed by atoms with Crippen LogP contribution in [0.15, 0.2) is 21.9 Å². The highest BCUT2D eigenvalue weighted by Gasteiger charge is 2.63. The first-order valence-corrected chi connectivity index (χ1v) is 11.0. The average Bonchev–Trinajstić information content (AvgIpc) is 2.93. The van der Waals surface area contributed by atoms with E-state index in [1.54, 1.807) is 0 Å². The summed E-state index contributed by atoms with van der Waals surface area (Å²) in [5, 5.41) is 21.4. The maximum absolute atomic E-state index is 14.2. The monoisotopic (exact) mass is 514 g/mol. The van der Waals surface area contributed by atoms with Gasteiger partial charge in [-0.05, 0) is 6.92 Å². The lowest BCUT2D eigenvalue weighted by Crippen LogP contribution is -2.53. The molecule has 0 aliphatic carbocycles. The minimum atomic E-state index is -4.73. The first kappa shape index (κ1) is 27.8. The maximum atomic E-state index is 14.2. The van der Waals surface area contributed by atoms with Gasteiger partial charge < -0.3 is 24.4 Å². The SMILES string of the molecule is CC(=O)OCOP(=O)(OCOC(C)=O)OC[C@@]1(CF)O[C@@H](n2ccc(=O)[nH]c2=O)[C@](C)(O)[C@@H]1O. The van der Waals surface area contributed by atoms with Crippen molar-refractivity contribution < 1.29 is 56.5 Å². The Hall–Kier alpha value is -2.46. The molecule has 1 aromatic heterocycles. The summed E-state index contributed by atoms with van der Waals surface area (Å²) in [7, 11) is -4.73. The summed E-state index contributed by atoms with van der Waals surface area (Å²) in [6, 6.07) is 0.930. The molecule has 1 fully saturated rings. The van der Waals surface area contributed by atoms with Gasteiger partial charge in [-0.15, -0.1) is 0 Å². The molecule has 0 spiro atoms. The zero-order valence-corrected chi connectivity index (χ0v) is 19.2. The molecule has 0 radical (unpaired) electrons. The molecule has 4 atom stereocenters. The number of carbonyl (C=O) groups excluding carboxylic acids is 2. The molecule has 0 aromatic carbocycles. The number of aliphatic hydroxyl groups excluding tert-OH is 1. The fourth-order valence-corrected chi connectivity index (χ4v) is 3.89.